The molecule has 2 atom stereocenters. The largest absolute Gasteiger partial charge is 0.391 e. The molecule has 2 heterocycles. The average molecular weight is 266 g/mol. The van der Waals surface area contributed by atoms with Gasteiger partial charge in [0.1, 0.15) is 5.76 Å². The van der Waals surface area contributed by atoms with Crippen molar-refractivity contribution in [2.75, 3.05) is 13.1 Å². The van der Waals surface area contributed by atoms with Gasteiger partial charge in [-0.2, -0.15) is 0 Å². The van der Waals surface area contributed by atoms with Crippen LogP contribution in [0.5, 0.6) is 0 Å². The van der Waals surface area contributed by atoms with Crippen LogP contribution in [0.3, 0.4) is 0 Å². The molecule has 2 rings (SSSR count). The summed E-state index contributed by atoms with van der Waals surface area (Å²) in [5.74, 6) is 0.776. The summed E-state index contributed by atoms with van der Waals surface area (Å²) in [6.07, 6.45) is 0.364. The molecule has 0 saturated carbocycles. The Bertz CT molecular complexity index is 462. The van der Waals surface area contributed by atoms with Crippen LogP contribution < -0.4 is 0 Å². The highest BCUT2D eigenvalue weighted by molar-refractivity contribution is 5.92. The average Bonchev–Trinajstić information content (AvgIpc) is 2.81. The Morgan fingerprint density at radius 2 is 2.21 bits per heavy atom. The van der Waals surface area contributed by atoms with Crippen LogP contribution in [-0.4, -0.2) is 40.3 Å². The summed E-state index contributed by atoms with van der Waals surface area (Å²) < 4.78 is 5.23. The first kappa shape index (κ1) is 14.1. The summed E-state index contributed by atoms with van der Waals surface area (Å²) in [6.45, 7) is 9.06. The lowest BCUT2D eigenvalue weighted by Gasteiger charge is -2.33. The van der Waals surface area contributed by atoms with Gasteiger partial charge in [-0.15, -0.1) is 0 Å². The first-order chi connectivity index (χ1) is 8.79. The molecule has 2 unspecified atom stereocenters. The summed E-state index contributed by atoms with van der Waals surface area (Å²) in [5, 5.41) is 13.7. The highest BCUT2D eigenvalue weighted by Gasteiger charge is 2.30. The number of hydrogen-bond acceptors (Lipinski definition) is 4. The Balaban J connectivity index is 2.10. The summed E-state index contributed by atoms with van der Waals surface area (Å²) in [6, 6.07) is 1.70. The van der Waals surface area contributed by atoms with Crippen molar-refractivity contribution in [3.05, 3.63) is 17.5 Å². The van der Waals surface area contributed by atoms with Crippen molar-refractivity contribution in [3.8, 4) is 0 Å². The number of likely N-dealkylation sites (tertiary alicyclic amines) is 1. The van der Waals surface area contributed by atoms with E-state index in [9.17, 15) is 9.90 Å². The molecule has 0 aliphatic carbocycles. The quantitative estimate of drug-likeness (QED) is 0.842. The van der Waals surface area contributed by atoms with Gasteiger partial charge in [-0.25, -0.2) is 0 Å². The molecular weight excluding hydrogens is 244 g/mol. The minimum atomic E-state index is -0.452. The van der Waals surface area contributed by atoms with Gasteiger partial charge in [0.2, 0.25) is 0 Å². The Morgan fingerprint density at radius 3 is 2.74 bits per heavy atom. The zero-order chi connectivity index (χ0) is 14.2. The van der Waals surface area contributed by atoms with E-state index < -0.39 is 6.10 Å². The molecule has 1 aromatic rings. The van der Waals surface area contributed by atoms with Crippen LogP contribution >= 0.6 is 0 Å². The number of piperidine rings is 1. The molecule has 5 nitrogen and oxygen atoms in total. The highest BCUT2D eigenvalue weighted by atomic mass is 16.5. The van der Waals surface area contributed by atoms with Crippen molar-refractivity contribution < 1.29 is 14.4 Å². The van der Waals surface area contributed by atoms with Gasteiger partial charge in [-0.1, -0.05) is 32.9 Å². The van der Waals surface area contributed by atoms with Gasteiger partial charge in [-0.05, 0) is 12.3 Å². The number of hydrogen-bond donors (Lipinski definition) is 1. The van der Waals surface area contributed by atoms with Crippen LogP contribution in [0.25, 0.3) is 0 Å². The van der Waals surface area contributed by atoms with Crippen molar-refractivity contribution in [2.24, 2.45) is 5.92 Å². The van der Waals surface area contributed by atoms with E-state index in [4.69, 9.17) is 4.52 Å². The van der Waals surface area contributed by atoms with Crippen LogP contribution in [0.4, 0.5) is 0 Å². The lowest BCUT2D eigenvalue weighted by Crippen LogP contribution is -2.45. The molecule has 0 radical (unpaired) electrons. The molecule has 1 aliphatic heterocycles. The molecule has 0 bridgehead atoms. The van der Waals surface area contributed by atoms with E-state index >= 15 is 0 Å². The lowest BCUT2D eigenvalue weighted by molar-refractivity contribution is 0.0243. The maximum atomic E-state index is 12.3. The van der Waals surface area contributed by atoms with Gasteiger partial charge in [0, 0.05) is 24.6 Å². The molecule has 1 N–H and O–H groups in total. The number of aliphatic hydroxyl groups excluding tert-OH is 1. The van der Waals surface area contributed by atoms with Crippen molar-refractivity contribution in [1.29, 1.82) is 0 Å². The molecule has 0 aromatic carbocycles. The van der Waals surface area contributed by atoms with Crippen LogP contribution in [0, 0.1) is 5.92 Å². The fraction of sp³-hybridized carbons (Fsp3) is 0.714. The zero-order valence-electron chi connectivity index (χ0n) is 12.0. The van der Waals surface area contributed by atoms with E-state index in [1.165, 1.54) is 0 Å². The minimum Gasteiger partial charge on any atom is -0.391 e. The molecule has 19 heavy (non-hydrogen) atoms. The SMILES string of the molecule is CC1CCN(C(=O)c2cc(C(C)(C)C)on2)CC1O. The monoisotopic (exact) mass is 266 g/mol. The van der Waals surface area contributed by atoms with E-state index in [0.29, 0.717) is 24.5 Å². The fourth-order valence-corrected chi connectivity index (χ4v) is 2.12. The van der Waals surface area contributed by atoms with E-state index in [1.807, 2.05) is 27.7 Å². The molecule has 5 heteroatoms. The smallest absolute Gasteiger partial charge is 0.276 e. The molecule has 0 spiro atoms. The number of carbonyl (C=O) groups excluding carboxylic acids is 1. The standard InChI is InChI=1S/C14H22N2O3/c1-9-5-6-16(8-11(9)17)13(18)10-7-12(19-15-10)14(2,3)4/h7,9,11,17H,5-6,8H2,1-4H3. The predicted octanol–water partition coefficient (Wildman–Crippen LogP) is 1.81. The maximum Gasteiger partial charge on any atom is 0.276 e. The van der Waals surface area contributed by atoms with Crippen LogP contribution in [0.2, 0.25) is 0 Å². The second-order valence-corrected chi connectivity index (χ2v) is 6.41. The van der Waals surface area contributed by atoms with E-state index in [0.717, 1.165) is 6.42 Å². The third kappa shape index (κ3) is 2.97. The first-order valence-electron chi connectivity index (χ1n) is 6.73. The summed E-state index contributed by atoms with van der Waals surface area (Å²) in [4.78, 5) is 13.9. The number of β-amino-alcohol motifs (C(OH)–C–C–N with tert-alkyl or cyclic N) is 1. The minimum absolute atomic E-state index is 0.162. The third-order valence-corrected chi connectivity index (χ3v) is 3.67. The molecular formula is C14H22N2O3. The summed E-state index contributed by atoms with van der Waals surface area (Å²) in [5.41, 5.74) is 0.160. The van der Waals surface area contributed by atoms with Crippen molar-refractivity contribution in [3.63, 3.8) is 0 Å². The highest BCUT2D eigenvalue weighted by Crippen LogP contribution is 2.24. The van der Waals surface area contributed by atoms with Crippen LogP contribution in [0.15, 0.2) is 10.6 Å². The Hall–Kier alpha value is -1.36. The van der Waals surface area contributed by atoms with Crippen LogP contribution in [-0.2, 0) is 5.41 Å². The molecule has 1 fully saturated rings. The van der Waals surface area contributed by atoms with Gasteiger partial charge in [0.15, 0.2) is 5.69 Å². The van der Waals surface area contributed by atoms with Crippen LogP contribution in [0.1, 0.15) is 50.4 Å². The summed E-state index contributed by atoms with van der Waals surface area (Å²) in [7, 11) is 0. The van der Waals surface area contributed by atoms with Gasteiger partial charge in [0.05, 0.1) is 6.10 Å². The van der Waals surface area contributed by atoms with Gasteiger partial charge < -0.3 is 14.5 Å². The number of amides is 1. The molecule has 1 aromatic heterocycles. The molecule has 106 valence electrons. The number of nitrogens with zero attached hydrogens (tertiary/aromatic N) is 2. The van der Waals surface area contributed by atoms with Crippen molar-refractivity contribution >= 4 is 5.91 Å². The van der Waals surface area contributed by atoms with E-state index in [1.54, 1.807) is 11.0 Å². The van der Waals surface area contributed by atoms with Gasteiger partial charge >= 0.3 is 0 Å². The second kappa shape index (κ2) is 4.96. The third-order valence-electron chi connectivity index (χ3n) is 3.67. The Morgan fingerprint density at radius 1 is 1.53 bits per heavy atom. The maximum absolute atomic E-state index is 12.3. The van der Waals surface area contributed by atoms with E-state index in [-0.39, 0.29) is 17.2 Å². The topological polar surface area (TPSA) is 66.6 Å². The predicted molar refractivity (Wildman–Crippen MR) is 70.9 cm³/mol. The first-order valence-corrected chi connectivity index (χ1v) is 6.73. The van der Waals surface area contributed by atoms with Crippen molar-refractivity contribution in [2.45, 2.75) is 45.6 Å². The van der Waals surface area contributed by atoms with E-state index in [2.05, 4.69) is 5.16 Å². The van der Waals surface area contributed by atoms with Gasteiger partial charge in [0.25, 0.3) is 5.91 Å². The Labute approximate surface area is 113 Å². The molecule has 1 aliphatic rings. The normalized spacial score (nSPS) is 24.6. The van der Waals surface area contributed by atoms with Gasteiger partial charge in [-0.3, -0.25) is 4.79 Å². The molecule has 1 saturated heterocycles. The van der Waals surface area contributed by atoms with Crippen molar-refractivity contribution in [1.82, 2.24) is 10.1 Å². The number of rotatable bonds is 1. The fourth-order valence-electron chi connectivity index (χ4n) is 2.12. The number of carbonyl (C=O) groups is 1. The summed E-state index contributed by atoms with van der Waals surface area (Å²) >= 11 is 0. The second-order valence-electron chi connectivity index (χ2n) is 6.41. The molecule has 1 amide bonds. The number of aromatic nitrogens is 1. The lowest BCUT2D eigenvalue weighted by atomic mass is 9.93. The zero-order valence-corrected chi connectivity index (χ0v) is 12.0. The Kier molecular flexibility index (Phi) is 3.67. The number of aliphatic hydroxyl groups is 1.